The quantitative estimate of drug-likeness (QED) is 0.423. The first-order valence-corrected chi connectivity index (χ1v) is 6.67. The van der Waals surface area contributed by atoms with E-state index in [1.807, 2.05) is 0 Å². The first-order valence-electron chi connectivity index (χ1n) is 6.67. The number of para-hydroxylation sites is 1. The van der Waals surface area contributed by atoms with Crippen molar-refractivity contribution < 1.29 is 18.7 Å². The summed E-state index contributed by atoms with van der Waals surface area (Å²) in [6.45, 7) is 0.540. The monoisotopic (exact) mass is 318 g/mol. The van der Waals surface area contributed by atoms with E-state index >= 15 is 0 Å². The Kier molecular flexibility index (Phi) is 4.00. The van der Waals surface area contributed by atoms with Gasteiger partial charge in [-0.3, -0.25) is 10.1 Å². The smallest absolute Gasteiger partial charge is 0.300 e. The van der Waals surface area contributed by atoms with Crippen LogP contribution < -0.4 is 10.1 Å². The van der Waals surface area contributed by atoms with Gasteiger partial charge in [0.15, 0.2) is 17.1 Å². The zero-order chi connectivity index (χ0) is 16.2. The van der Waals surface area contributed by atoms with Crippen LogP contribution in [0.4, 0.5) is 15.8 Å². The fourth-order valence-electron chi connectivity index (χ4n) is 2.05. The van der Waals surface area contributed by atoms with E-state index in [0.29, 0.717) is 12.2 Å². The van der Waals surface area contributed by atoms with Gasteiger partial charge in [0.25, 0.3) is 0 Å². The van der Waals surface area contributed by atoms with Gasteiger partial charge in [0.05, 0.1) is 10.6 Å². The van der Waals surface area contributed by atoms with E-state index in [1.165, 1.54) is 24.3 Å². The number of halogens is 1. The highest BCUT2D eigenvalue weighted by Gasteiger charge is 2.19. The van der Waals surface area contributed by atoms with Crippen LogP contribution >= 0.6 is 0 Å². The Bertz CT molecular complexity index is 852. The van der Waals surface area contributed by atoms with Gasteiger partial charge in [-0.15, -0.1) is 0 Å². The predicted molar refractivity (Wildman–Crippen MR) is 78.8 cm³/mol. The molecule has 8 nitrogen and oxygen atoms in total. The lowest BCUT2D eigenvalue weighted by molar-refractivity contribution is -0.383. The largest absolute Gasteiger partial charge is 0.489 e. The van der Waals surface area contributed by atoms with Crippen molar-refractivity contribution in [2.75, 3.05) is 18.5 Å². The summed E-state index contributed by atoms with van der Waals surface area (Å²) < 4.78 is 23.3. The van der Waals surface area contributed by atoms with Crippen molar-refractivity contribution in [3.63, 3.8) is 0 Å². The van der Waals surface area contributed by atoms with Crippen molar-refractivity contribution in [2.45, 2.75) is 0 Å². The number of benzene rings is 2. The molecule has 0 saturated heterocycles. The van der Waals surface area contributed by atoms with Crippen molar-refractivity contribution >= 4 is 22.4 Å². The Morgan fingerprint density at radius 1 is 1.22 bits per heavy atom. The minimum atomic E-state index is -0.558. The number of nitrogens with one attached hydrogen (secondary N) is 1. The Labute approximate surface area is 129 Å². The summed E-state index contributed by atoms with van der Waals surface area (Å²) in [6.07, 6.45) is 0. The maximum absolute atomic E-state index is 13.4. The van der Waals surface area contributed by atoms with Gasteiger partial charge in [-0.1, -0.05) is 12.1 Å². The molecule has 1 N–H and O–H groups in total. The molecular formula is C14H11FN4O4. The lowest BCUT2D eigenvalue weighted by atomic mass is 10.2. The molecule has 0 saturated carbocycles. The van der Waals surface area contributed by atoms with Crippen LogP contribution in [0.5, 0.6) is 5.75 Å². The summed E-state index contributed by atoms with van der Waals surface area (Å²) >= 11 is 0. The van der Waals surface area contributed by atoms with Crippen LogP contribution in [0.2, 0.25) is 0 Å². The van der Waals surface area contributed by atoms with Crippen LogP contribution in [-0.2, 0) is 0 Å². The van der Waals surface area contributed by atoms with Gasteiger partial charge in [-0.2, -0.15) is 0 Å². The number of aromatic nitrogens is 2. The highest BCUT2D eigenvalue weighted by molar-refractivity contribution is 5.93. The third kappa shape index (κ3) is 3.03. The van der Waals surface area contributed by atoms with E-state index in [-0.39, 0.29) is 29.1 Å². The van der Waals surface area contributed by atoms with Gasteiger partial charge in [-0.05, 0) is 28.5 Å². The molecule has 0 fully saturated rings. The van der Waals surface area contributed by atoms with Gasteiger partial charge in [0.1, 0.15) is 6.61 Å². The fraction of sp³-hybridized carbons (Fsp3) is 0.143. The Morgan fingerprint density at radius 2 is 2.00 bits per heavy atom. The third-order valence-corrected chi connectivity index (χ3v) is 3.10. The molecular weight excluding hydrogens is 307 g/mol. The number of anilines is 1. The molecule has 1 heterocycles. The summed E-state index contributed by atoms with van der Waals surface area (Å²) in [6, 6.07) is 8.91. The summed E-state index contributed by atoms with van der Waals surface area (Å²) in [5, 5.41) is 21.1. The second kappa shape index (κ2) is 6.26. The molecule has 0 aliphatic rings. The van der Waals surface area contributed by atoms with Gasteiger partial charge in [-0.25, -0.2) is 9.02 Å². The van der Waals surface area contributed by atoms with Crippen molar-refractivity contribution in [1.29, 1.82) is 0 Å². The number of nitro groups is 1. The number of nitro benzene ring substituents is 1. The molecule has 0 atom stereocenters. The molecule has 118 valence electrons. The molecule has 0 amide bonds. The number of nitrogens with zero attached hydrogens (tertiary/aromatic N) is 3. The fourth-order valence-corrected chi connectivity index (χ4v) is 2.05. The maximum atomic E-state index is 13.4. The van der Waals surface area contributed by atoms with Crippen LogP contribution in [0.1, 0.15) is 0 Å². The molecule has 9 heteroatoms. The summed E-state index contributed by atoms with van der Waals surface area (Å²) in [4.78, 5) is 10.3. The number of hydrogen-bond acceptors (Lipinski definition) is 7. The van der Waals surface area contributed by atoms with E-state index in [0.717, 1.165) is 0 Å². The standard InChI is InChI=1S/C14H11FN4O4/c15-9-3-1-2-4-12(9)22-8-7-16-10-5-6-11(19(20)21)14-13(10)17-23-18-14/h1-6,16H,7-8H2. The number of non-ortho nitro benzene ring substituents is 1. The third-order valence-electron chi connectivity index (χ3n) is 3.10. The minimum Gasteiger partial charge on any atom is -0.489 e. The van der Waals surface area contributed by atoms with E-state index in [9.17, 15) is 14.5 Å². The van der Waals surface area contributed by atoms with Gasteiger partial charge >= 0.3 is 5.69 Å². The van der Waals surface area contributed by atoms with Crippen molar-refractivity contribution in [3.8, 4) is 5.75 Å². The van der Waals surface area contributed by atoms with Crippen LogP contribution in [0.3, 0.4) is 0 Å². The molecule has 3 aromatic rings. The Hall–Kier alpha value is -3.23. The van der Waals surface area contributed by atoms with Crippen LogP contribution in [-0.4, -0.2) is 28.4 Å². The zero-order valence-electron chi connectivity index (χ0n) is 11.7. The minimum absolute atomic E-state index is 0.0648. The van der Waals surface area contributed by atoms with Crippen molar-refractivity contribution in [1.82, 2.24) is 10.3 Å². The highest BCUT2D eigenvalue weighted by Crippen LogP contribution is 2.28. The number of ether oxygens (including phenoxy) is 1. The van der Waals surface area contributed by atoms with E-state index in [2.05, 4.69) is 20.3 Å². The van der Waals surface area contributed by atoms with Crippen LogP contribution in [0.15, 0.2) is 41.0 Å². The lowest BCUT2D eigenvalue weighted by Crippen LogP contribution is -2.12. The first kappa shape index (κ1) is 14.7. The predicted octanol–water partition coefficient (Wildman–Crippen LogP) is 2.76. The molecule has 0 radical (unpaired) electrons. The summed E-state index contributed by atoms with van der Waals surface area (Å²) in [5.74, 6) is -0.280. The highest BCUT2D eigenvalue weighted by atomic mass is 19.1. The summed E-state index contributed by atoms with van der Waals surface area (Å²) in [7, 11) is 0. The average Bonchev–Trinajstić information content (AvgIpc) is 3.02. The Morgan fingerprint density at radius 3 is 2.78 bits per heavy atom. The molecule has 0 aliphatic heterocycles. The molecule has 0 unspecified atom stereocenters. The number of rotatable bonds is 6. The van der Waals surface area contributed by atoms with Gasteiger partial charge < -0.3 is 10.1 Å². The van der Waals surface area contributed by atoms with E-state index in [4.69, 9.17) is 4.74 Å². The van der Waals surface area contributed by atoms with E-state index in [1.54, 1.807) is 12.1 Å². The Balaban J connectivity index is 1.66. The molecule has 1 aromatic heterocycles. The molecule has 0 spiro atoms. The molecule has 23 heavy (non-hydrogen) atoms. The van der Waals surface area contributed by atoms with E-state index < -0.39 is 10.7 Å². The number of fused-ring (bicyclic) bond motifs is 1. The van der Waals surface area contributed by atoms with Crippen LogP contribution in [0.25, 0.3) is 11.0 Å². The van der Waals surface area contributed by atoms with Gasteiger partial charge in [0.2, 0.25) is 5.52 Å². The summed E-state index contributed by atoms with van der Waals surface area (Å²) in [5.41, 5.74) is 0.651. The SMILES string of the molecule is O=[N+]([O-])c1ccc(NCCOc2ccccc2F)c2nonc12. The zero-order valence-corrected chi connectivity index (χ0v) is 11.7. The second-order valence-corrected chi connectivity index (χ2v) is 4.56. The molecule has 2 aromatic carbocycles. The van der Waals surface area contributed by atoms with Gasteiger partial charge in [0, 0.05) is 12.6 Å². The lowest BCUT2D eigenvalue weighted by Gasteiger charge is -2.09. The average molecular weight is 318 g/mol. The second-order valence-electron chi connectivity index (χ2n) is 4.56. The first-order chi connectivity index (χ1) is 11.2. The topological polar surface area (TPSA) is 103 Å². The molecule has 0 aliphatic carbocycles. The van der Waals surface area contributed by atoms with Crippen molar-refractivity contribution in [2.24, 2.45) is 0 Å². The van der Waals surface area contributed by atoms with Crippen molar-refractivity contribution in [3.05, 3.63) is 52.3 Å². The number of hydrogen-bond donors (Lipinski definition) is 1. The normalized spacial score (nSPS) is 10.7. The maximum Gasteiger partial charge on any atom is 0.300 e. The molecule has 0 bridgehead atoms. The molecule has 3 rings (SSSR count). The van der Waals surface area contributed by atoms with Crippen LogP contribution in [0, 0.1) is 15.9 Å².